The van der Waals surface area contributed by atoms with Crippen molar-refractivity contribution < 1.29 is 19.0 Å². The minimum Gasteiger partial charge on any atom is -0.496 e. The summed E-state index contributed by atoms with van der Waals surface area (Å²) in [5.74, 6) is 1.06. The molecule has 0 unspecified atom stereocenters. The average Bonchev–Trinajstić information content (AvgIpc) is 2.43. The van der Waals surface area contributed by atoms with Gasteiger partial charge in [-0.15, -0.1) is 0 Å². The van der Waals surface area contributed by atoms with E-state index in [9.17, 15) is 4.79 Å². The van der Waals surface area contributed by atoms with Crippen LogP contribution in [0.2, 0.25) is 0 Å². The first-order valence-corrected chi connectivity index (χ1v) is 6.21. The number of aryl methyl sites for hydroxylation is 1. The predicted molar refractivity (Wildman–Crippen MR) is 75.1 cm³/mol. The lowest BCUT2D eigenvalue weighted by Gasteiger charge is -2.14. The smallest absolute Gasteiger partial charge is 0.303 e. The number of rotatable bonds is 4. The highest BCUT2D eigenvalue weighted by Gasteiger charge is 2.14. The lowest BCUT2D eigenvalue weighted by atomic mass is 10.1. The quantitative estimate of drug-likeness (QED) is 0.803. The molecule has 1 heterocycles. The molecule has 20 heavy (non-hydrogen) atoms. The van der Waals surface area contributed by atoms with Crippen molar-refractivity contribution in [2.75, 3.05) is 14.2 Å². The number of carbonyl (C=O) groups excluding carboxylic acids is 1. The lowest BCUT2D eigenvalue weighted by molar-refractivity contribution is -0.142. The first-order valence-electron chi connectivity index (χ1n) is 6.21. The van der Waals surface area contributed by atoms with Crippen LogP contribution in [-0.4, -0.2) is 25.2 Å². The molecule has 0 N–H and O–H groups in total. The van der Waals surface area contributed by atoms with Gasteiger partial charge in [-0.2, -0.15) is 0 Å². The fourth-order valence-electron chi connectivity index (χ4n) is 2.15. The summed E-state index contributed by atoms with van der Waals surface area (Å²) in [6.45, 7) is 3.36. The SMILES string of the molecule is COc1ccc(OC)c2c(COC(C)=O)nc(C)cc12. The van der Waals surface area contributed by atoms with Gasteiger partial charge in [-0.25, -0.2) is 0 Å². The maximum atomic E-state index is 11.0. The number of fused-ring (bicyclic) bond motifs is 1. The maximum absolute atomic E-state index is 11.0. The Hall–Kier alpha value is -2.30. The molecule has 0 spiro atoms. The van der Waals surface area contributed by atoms with E-state index in [2.05, 4.69) is 4.98 Å². The number of ether oxygens (including phenoxy) is 3. The second-order valence-corrected chi connectivity index (χ2v) is 4.38. The van der Waals surface area contributed by atoms with E-state index in [1.165, 1.54) is 6.92 Å². The largest absolute Gasteiger partial charge is 0.496 e. The van der Waals surface area contributed by atoms with Gasteiger partial charge in [0.15, 0.2) is 0 Å². The van der Waals surface area contributed by atoms with Crippen molar-refractivity contribution in [1.29, 1.82) is 0 Å². The van der Waals surface area contributed by atoms with E-state index < -0.39 is 0 Å². The summed E-state index contributed by atoms with van der Waals surface area (Å²) in [6, 6.07) is 5.58. The van der Waals surface area contributed by atoms with E-state index in [4.69, 9.17) is 14.2 Å². The van der Waals surface area contributed by atoms with Gasteiger partial charge >= 0.3 is 5.97 Å². The summed E-state index contributed by atoms with van der Waals surface area (Å²) < 4.78 is 15.8. The van der Waals surface area contributed by atoms with Crippen molar-refractivity contribution in [1.82, 2.24) is 4.98 Å². The molecule has 1 aromatic carbocycles. The van der Waals surface area contributed by atoms with E-state index in [-0.39, 0.29) is 12.6 Å². The fourth-order valence-corrected chi connectivity index (χ4v) is 2.15. The number of carbonyl (C=O) groups is 1. The monoisotopic (exact) mass is 275 g/mol. The summed E-state index contributed by atoms with van der Waals surface area (Å²) in [7, 11) is 3.21. The van der Waals surface area contributed by atoms with Gasteiger partial charge in [0, 0.05) is 18.0 Å². The Morgan fingerprint density at radius 3 is 2.45 bits per heavy atom. The zero-order chi connectivity index (χ0) is 14.7. The van der Waals surface area contributed by atoms with Crippen molar-refractivity contribution in [3.8, 4) is 11.5 Å². The molecule has 0 aliphatic rings. The standard InChI is InChI=1S/C15H17NO4/c1-9-7-11-13(18-3)5-6-14(19-4)15(11)12(16-9)8-20-10(2)17/h5-7H,8H2,1-4H3. The van der Waals surface area contributed by atoms with Crippen LogP contribution in [0.25, 0.3) is 10.8 Å². The summed E-state index contributed by atoms with van der Waals surface area (Å²) in [4.78, 5) is 15.5. The van der Waals surface area contributed by atoms with Crippen LogP contribution in [0, 0.1) is 6.92 Å². The maximum Gasteiger partial charge on any atom is 0.303 e. The number of nitrogens with zero attached hydrogens (tertiary/aromatic N) is 1. The van der Waals surface area contributed by atoms with Gasteiger partial charge < -0.3 is 14.2 Å². The van der Waals surface area contributed by atoms with E-state index in [1.807, 2.05) is 25.1 Å². The van der Waals surface area contributed by atoms with Crippen molar-refractivity contribution in [2.24, 2.45) is 0 Å². The van der Waals surface area contributed by atoms with Crippen LogP contribution < -0.4 is 9.47 Å². The number of pyridine rings is 1. The minimum absolute atomic E-state index is 0.108. The van der Waals surface area contributed by atoms with Crippen LogP contribution >= 0.6 is 0 Å². The van der Waals surface area contributed by atoms with Gasteiger partial charge in [-0.1, -0.05) is 0 Å². The highest BCUT2D eigenvalue weighted by atomic mass is 16.5. The second kappa shape index (κ2) is 5.77. The van der Waals surface area contributed by atoms with Gasteiger partial charge in [0.25, 0.3) is 0 Å². The molecule has 106 valence electrons. The zero-order valence-electron chi connectivity index (χ0n) is 12.0. The normalized spacial score (nSPS) is 10.4. The molecule has 0 saturated carbocycles. The van der Waals surface area contributed by atoms with E-state index in [0.717, 1.165) is 22.2 Å². The third kappa shape index (κ3) is 2.66. The van der Waals surface area contributed by atoms with Gasteiger partial charge in [0.2, 0.25) is 0 Å². The fraction of sp³-hybridized carbons (Fsp3) is 0.333. The second-order valence-electron chi connectivity index (χ2n) is 4.38. The summed E-state index contributed by atoms with van der Waals surface area (Å²) in [5, 5.41) is 1.69. The topological polar surface area (TPSA) is 57.7 Å². The van der Waals surface area contributed by atoms with Crippen LogP contribution in [0.5, 0.6) is 11.5 Å². The Bertz CT molecular complexity index is 652. The van der Waals surface area contributed by atoms with Crippen molar-refractivity contribution in [2.45, 2.75) is 20.5 Å². The molecule has 0 aliphatic carbocycles. The van der Waals surface area contributed by atoms with Crippen LogP contribution in [0.15, 0.2) is 18.2 Å². The Morgan fingerprint density at radius 2 is 1.85 bits per heavy atom. The number of methoxy groups -OCH3 is 2. The van der Waals surface area contributed by atoms with Crippen molar-refractivity contribution >= 4 is 16.7 Å². The Balaban J connectivity index is 2.68. The summed E-state index contributed by atoms with van der Waals surface area (Å²) in [6.07, 6.45) is 0. The Morgan fingerprint density at radius 1 is 1.20 bits per heavy atom. The van der Waals surface area contributed by atoms with Crippen molar-refractivity contribution in [3.63, 3.8) is 0 Å². The first-order chi connectivity index (χ1) is 9.56. The number of aromatic nitrogens is 1. The van der Waals surface area contributed by atoms with Crippen LogP contribution in [-0.2, 0) is 16.1 Å². The van der Waals surface area contributed by atoms with Gasteiger partial charge in [-0.05, 0) is 25.1 Å². The molecule has 0 aliphatic heterocycles. The van der Waals surface area contributed by atoms with E-state index in [0.29, 0.717) is 11.4 Å². The number of hydrogen-bond acceptors (Lipinski definition) is 5. The molecule has 5 heteroatoms. The van der Waals surface area contributed by atoms with Gasteiger partial charge in [0.05, 0.1) is 25.3 Å². The Kier molecular flexibility index (Phi) is 4.08. The molecular weight excluding hydrogens is 258 g/mol. The molecule has 0 bridgehead atoms. The molecule has 1 aromatic heterocycles. The van der Waals surface area contributed by atoms with Crippen LogP contribution in [0.4, 0.5) is 0 Å². The van der Waals surface area contributed by atoms with Gasteiger partial charge in [0.1, 0.15) is 18.1 Å². The molecule has 2 aromatic rings. The molecule has 2 rings (SSSR count). The third-order valence-electron chi connectivity index (χ3n) is 2.97. The first kappa shape index (κ1) is 14.1. The molecule has 0 saturated heterocycles. The van der Waals surface area contributed by atoms with Gasteiger partial charge in [-0.3, -0.25) is 9.78 Å². The summed E-state index contributed by atoms with van der Waals surface area (Å²) >= 11 is 0. The molecule has 0 fully saturated rings. The summed E-state index contributed by atoms with van der Waals surface area (Å²) in [5.41, 5.74) is 1.48. The lowest BCUT2D eigenvalue weighted by Crippen LogP contribution is -2.04. The molecule has 0 amide bonds. The molecule has 0 atom stereocenters. The minimum atomic E-state index is -0.344. The van der Waals surface area contributed by atoms with E-state index >= 15 is 0 Å². The number of esters is 1. The van der Waals surface area contributed by atoms with Crippen molar-refractivity contribution in [3.05, 3.63) is 29.6 Å². The Labute approximate surface area is 117 Å². The predicted octanol–water partition coefficient (Wildman–Crippen LogP) is 2.62. The van der Waals surface area contributed by atoms with Crippen LogP contribution in [0.3, 0.4) is 0 Å². The molecular formula is C15H17NO4. The number of benzene rings is 1. The average molecular weight is 275 g/mol. The van der Waals surface area contributed by atoms with E-state index in [1.54, 1.807) is 14.2 Å². The highest BCUT2D eigenvalue weighted by molar-refractivity contribution is 5.95. The molecule has 5 nitrogen and oxygen atoms in total. The highest BCUT2D eigenvalue weighted by Crippen LogP contribution is 2.35. The zero-order valence-corrected chi connectivity index (χ0v) is 12.0. The molecule has 0 radical (unpaired) electrons. The third-order valence-corrected chi connectivity index (χ3v) is 2.97. The van der Waals surface area contributed by atoms with Crippen LogP contribution in [0.1, 0.15) is 18.3 Å². The number of hydrogen-bond donors (Lipinski definition) is 0.